The van der Waals surface area contributed by atoms with E-state index in [1.807, 2.05) is 6.07 Å². The molecule has 2 aromatic carbocycles. The molecule has 2 rings (SSSR count). The van der Waals surface area contributed by atoms with Crippen molar-refractivity contribution in [2.45, 2.75) is 0 Å². The molecule has 0 atom stereocenters. The number of hydrogen-bond acceptors (Lipinski definition) is 3. The first-order valence-electron chi connectivity index (χ1n) is 5.12. The molecule has 0 unspecified atom stereocenters. The maximum atomic E-state index is 13.0. The number of nitrogens with two attached hydrogens (primary N) is 1. The van der Waals surface area contributed by atoms with Crippen LogP contribution in [0.1, 0.15) is 5.56 Å². The van der Waals surface area contributed by atoms with Crippen LogP contribution in [-0.2, 0) is 0 Å². The number of nitriles is 1. The maximum absolute atomic E-state index is 13.0. The summed E-state index contributed by atoms with van der Waals surface area (Å²) < 4.78 is 13.0. The molecule has 0 fully saturated rings. The molecule has 0 saturated carbocycles. The first-order chi connectivity index (χ1) is 8.61. The number of anilines is 3. The van der Waals surface area contributed by atoms with Gasteiger partial charge in [0, 0.05) is 0 Å². The summed E-state index contributed by atoms with van der Waals surface area (Å²) in [5.41, 5.74) is 7.44. The summed E-state index contributed by atoms with van der Waals surface area (Å²) in [4.78, 5) is 0. The molecule has 0 radical (unpaired) electrons. The van der Waals surface area contributed by atoms with E-state index in [9.17, 15) is 4.39 Å². The van der Waals surface area contributed by atoms with Gasteiger partial charge in [0.15, 0.2) is 0 Å². The Labute approximate surface area is 109 Å². The third-order valence-electron chi connectivity index (χ3n) is 2.42. The Bertz CT molecular complexity index is 635. The van der Waals surface area contributed by atoms with Crippen LogP contribution in [0.2, 0.25) is 5.02 Å². The molecule has 0 amide bonds. The van der Waals surface area contributed by atoms with E-state index in [-0.39, 0.29) is 5.56 Å². The molecular weight excluding hydrogens is 253 g/mol. The highest BCUT2D eigenvalue weighted by atomic mass is 35.5. The lowest BCUT2D eigenvalue weighted by Crippen LogP contribution is -1.99. The van der Waals surface area contributed by atoms with E-state index >= 15 is 0 Å². The van der Waals surface area contributed by atoms with E-state index in [0.29, 0.717) is 22.1 Å². The fourth-order valence-corrected chi connectivity index (χ4v) is 1.68. The summed E-state index contributed by atoms with van der Waals surface area (Å²) in [6.07, 6.45) is 0. The topological polar surface area (TPSA) is 61.8 Å². The lowest BCUT2D eigenvalue weighted by atomic mass is 10.1. The molecule has 0 aliphatic rings. The Morgan fingerprint density at radius 1 is 1.22 bits per heavy atom. The standard InChI is InChI=1S/C13H9ClFN3/c14-10-2-1-3-12(13(10)17)18-11-5-4-9(15)6-8(11)7-16/h1-6,18H,17H2. The van der Waals surface area contributed by atoms with Crippen molar-refractivity contribution in [1.82, 2.24) is 0 Å². The quantitative estimate of drug-likeness (QED) is 0.811. The molecule has 18 heavy (non-hydrogen) atoms. The first-order valence-corrected chi connectivity index (χ1v) is 5.50. The summed E-state index contributed by atoms with van der Waals surface area (Å²) in [5.74, 6) is -0.462. The fourth-order valence-electron chi connectivity index (χ4n) is 1.51. The van der Waals surface area contributed by atoms with Crippen molar-refractivity contribution in [3.05, 3.63) is 52.8 Å². The van der Waals surface area contributed by atoms with Crippen LogP contribution in [0.5, 0.6) is 0 Å². The third kappa shape index (κ3) is 2.36. The van der Waals surface area contributed by atoms with Crippen molar-refractivity contribution in [3.8, 4) is 6.07 Å². The van der Waals surface area contributed by atoms with Gasteiger partial charge in [0.25, 0.3) is 0 Å². The second-order valence-corrected chi connectivity index (χ2v) is 4.03. The van der Waals surface area contributed by atoms with Gasteiger partial charge in [0.1, 0.15) is 11.9 Å². The Morgan fingerprint density at radius 2 is 2.00 bits per heavy atom. The van der Waals surface area contributed by atoms with E-state index in [0.717, 1.165) is 6.07 Å². The van der Waals surface area contributed by atoms with Crippen molar-refractivity contribution in [2.75, 3.05) is 11.1 Å². The van der Waals surface area contributed by atoms with Gasteiger partial charge in [0.05, 0.1) is 27.6 Å². The molecule has 3 N–H and O–H groups in total. The van der Waals surface area contributed by atoms with Gasteiger partial charge in [-0.3, -0.25) is 0 Å². The highest BCUT2D eigenvalue weighted by Gasteiger charge is 2.07. The van der Waals surface area contributed by atoms with Crippen LogP contribution in [0.15, 0.2) is 36.4 Å². The zero-order valence-electron chi connectivity index (χ0n) is 9.24. The first kappa shape index (κ1) is 12.2. The van der Waals surface area contributed by atoms with E-state index in [4.69, 9.17) is 22.6 Å². The predicted molar refractivity (Wildman–Crippen MR) is 70.3 cm³/mol. The van der Waals surface area contributed by atoms with Crippen LogP contribution in [0.25, 0.3) is 0 Å². The van der Waals surface area contributed by atoms with E-state index in [2.05, 4.69) is 5.32 Å². The van der Waals surface area contributed by atoms with Gasteiger partial charge in [-0.2, -0.15) is 5.26 Å². The van der Waals surface area contributed by atoms with Gasteiger partial charge >= 0.3 is 0 Å². The summed E-state index contributed by atoms with van der Waals surface area (Å²) in [6.45, 7) is 0. The minimum atomic E-state index is -0.462. The number of nitrogens with one attached hydrogen (secondary N) is 1. The molecule has 2 aromatic rings. The molecule has 0 aromatic heterocycles. The number of nitrogen functional groups attached to an aromatic ring is 1. The van der Waals surface area contributed by atoms with Crippen molar-refractivity contribution < 1.29 is 4.39 Å². The Balaban J connectivity index is 2.41. The van der Waals surface area contributed by atoms with Gasteiger partial charge in [-0.15, -0.1) is 0 Å². The van der Waals surface area contributed by atoms with Crippen molar-refractivity contribution in [2.24, 2.45) is 0 Å². The lowest BCUT2D eigenvalue weighted by Gasteiger charge is -2.11. The zero-order valence-corrected chi connectivity index (χ0v) is 10.0. The zero-order chi connectivity index (χ0) is 13.1. The normalized spacial score (nSPS) is 9.83. The number of halogens is 2. The van der Waals surface area contributed by atoms with Crippen molar-refractivity contribution in [1.29, 1.82) is 5.26 Å². The number of para-hydroxylation sites is 1. The minimum absolute atomic E-state index is 0.203. The largest absolute Gasteiger partial charge is 0.396 e. The Kier molecular flexibility index (Phi) is 3.35. The summed E-state index contributed by atoms with van der Waals surface area (Å²) in [7, 11) is 0. The van der Waals surface area contributed by atoms with Crippen LogP contribution in [0.3, 0.4) is 0 Å². The monoisotopic (exact) mass is 261 g/mol. The van der Waals surface area contributed by atoms with Gasteiger partial charge < -0.3 is 11.1 Å². The summed E-state index contributed by atoms with van der Waals surface area (Å²) in [5, 5.41) is 12.3. The van der Waals surface area contributed by atoms with Gasteiger partial charge in [-0.1, -0.05) is 17.7 Å². The highest BCUT2D eigenvalue weighted by molar-refractivity contribution is 6.33. The summed E-state index contributed by atoms with van der Waals surface area (Å²) >= 11 is 5.89. The van der Waals surface area contributed by atoms with Crippen LogP contribution >= 0.6 is 11.6 Å². The Morgan fingerprint density at radius 3 is 2.72 bits per heavy atom. The van der Waals surface area contributed by atoms with Gasteiger partial charge in [-0.25, -0.2) is 4.39 Å². The van der Waals surface area contributed by atoms with Crippen LogP contribution in [0.4, 0.5) is 21.5 Å². The van der Waals surface area contributed by atoms with Gasteiger partial charge in [0.2, 0.25) is 0 Å². The average molecular weight is 262 g/mol. The summed E-state index contributed by atoms with van der Waals surface area (Å²) in [6, 6.07) is 10.9. The molecule has 0 aliphatic heterocycles. The molecular formula is C13H9ClFN3. The lowest BCUT2D eigenvalue weighted by molar-refractivity contribution is 0.627. The molecule has 0 bridgehead atoms. The Hall–Kier alpha value is -2.25. The molecule has 5 heteroatoms. The predicted octanol–water partition coefficient (Wildman–Crippen LogP) is 3.68. The van der Waals surface area contributed by atoms with E-state index in [1.165, 1.54) is 12.1 Å². The average Bonchev–Trinajstić information content (AvgIpc) is 2.37. The smallest absolute Gasteiger partial charge is 0.124 e. The van der Waals surface area contributed by atoms with Crippen LogP contribution in [-0.4, -0.2) is 0 Å². The minimum Gasteiger partial charge on any atom is -0.396 e. The number of benzene rings is 2. The highest BCUT2D eigenvalue weighted by Crippen LogP contribution is 2.30. The number of hydrogen-bond donors (Lipinski definition) is 2. The van der Waals surface area contributed by atoms with Crippen LogP contribution < -0.4 is 11.1 Å². The molecule has 0 aliphatic carbocycles. The molecule has 0 spiro atoms. The third-order valence-corrected chi connectivity index (χ3v) is 2.75. The molecule has 0 saturated heterocycles. The van der Waals surface area contributed by atoms with E-state index in [1.54, 1.807) is 18.2 Å². The van der Waals surface area contributed by atoms with Crippen molar-refractivity contribution >= 4 is 28.7 Å². The molecule has 3 nitrogen and oxygen atoms in total. The molecule has 90 valence electrons. The number of nitrogens with zero attached hydrogens (tertiary/aromatic N) is 1. The second kappa shape index (κ2) is 4.94. The number of rotatable bonds is 2. The second-order valence-electron chi connectivity index (χ2n) is 3.63. The fraction of sp³-hybridized carbons (Fsp3) is 0. The van der Waals surface area contributed by atoms with E-state index < -0.39 is 5.82 Å². The van der Waals surface area contributed by atoms with Crippen LogP contribution in [0, 0.1) is 17.1 Å². The maximum Gasteiger partial charge on any atom is 0.124 e. The SMILES string of the molecule is N#Cc1cc(F)ccc1Nc1cccc(Cl)c1N. The van der Waals surface area contributed by atoms with Crippen molar-refractivity contribution in [3.63, 3.8) is 0 Å². The molecule has 0 heterocycles. The van der Waals surface area contributed by atoms with Gasteiger partial charge in [-0.05, 0) is 30.3 Å².